The van der Waals surface area contributed by atoms with Crippen LogP contribution in [0.2, 0.25) is 0 Å². The van der Waals surface area contributed by atoms with Crippen LogP contribution in [0.25, 0.3) is 0 Å². The highest BCUT2D eigenvalue weighted by Crippen LogP contribution is 2.29. The van der Waals surface area contributed by atoms with Gasteiger partial charge in [-0.25, -0.2) is 4.98 Å². The van der Waals surface area contributed by atoms with Gasteiger partial charge in [0.25, 0.3) is 0 Å². The molecule has 0 aliphatic carbocycles. The first-order valence-electron chi connectivity index (χ1n) is 5.85. The van der Waals surface area contributed by atoms with Gasteiger partial charge in [-0.2, -0.15) is 0 Å². The van der Waals surface area contributed by atoms with E-state index in [1.54, 1.807) is 13.3 Å². The topological polar surface area (TPSA) is 39.1 Å². The van der Waals surface area contributed by atoms with E-state index >= 15 is 0 Å². The van der Waals surface area contributed by atoms with Crippen LogP contribution in [-0.2, 0) is 4.74 Å². The minimum atomic E-state index is 0.226. The van der Waals surface area contributed by atoms with Gasteiger partial charge < -0.3 is 14.6 Å². The van der Waals surface area contributed by atoms with Gasteiger partial charge in [-0.15, -0.1) is 0 Å². The SMILES string of the molecule is COCC(C)n1ccnc1Nc1ccc(Br)cc1Br. The molecule has 1 aromatic heterocycles. The van der Waals surface area contributed by atoms with Gasteiger partial charge in [0.05, 0.1) is 18.3 Å². The summed E-state index contributed by atoms with van der Waals surface area (Å²) in [6.07, 6.45) is 3.72. The Bertz CT molecular complexity index is 557. The van der Waals surface area contributed by atoms with E-state index in [0.29, 0.717) is 6.61 Å². The second-order valence-electron chi connectivity index (χ2n) is 4.21. The predicted molar refractivity (Wildman–Crippen MR) is 83.9 cm³/mol. The summed E-state index contributed by atoms with van der Waals surface area (Å²) < 4.78 is 9.24. The molecule has 0 radical (unpaired) electrons. The van der Waals surface area contributed by atoms with Crippen LogP contribution in [0.5, 0.6) is 0 Å². The van der Waals surface area contributed by atoms with Gasteiger partial charge in [-0.05, 0) is 41.1 Å². The number of aromatic nitrogens is 2. The average Bonchev–Trinajstić information content (AvgIpc) is 2.81. The molecule has 1 N–H and O–H groups in total. The molecule has 1 atom stereocenters. The van der Waals surface area contributed by atoms with Crippen LogP contribution in [0.1, 0.15) is 13.0 Å². The van der Waals surface area contributed by atoms with E-state index in [1.807, 2.05) is 24.4 Å². The molecule has 0 saturated heterocycles. The van der Waals surface area contributed by atoms with E-state index < -0.39 is 0 Å². The summed E-state index contributed by atoms with van der Waals surface area (Å²) in [7, 11) is 1.70. The lowest BCUT2D eigenvalue weighted by atomic mass is 10.3. The van der Waals surface area contributed by atoms with E-state index in [-0.39, 0.29) is 6.04 Å². The Balaban J connectivity index is 2.21. The summed E-state index contributed by atoms with van der Waals surface area (Å²) in [5.74, 6) is 0.799. The molecule has 0 spiro atoms. The number of rotatable bonds is 5. The lowest BCUT2D eigenvalue weighted by Gasteiger charge is -2.16. The molecule has 19 heavy (non-hydrogen) atoms. The number of halogens is 2. The average molecular weight is 389 g/mol. The van der Waals surface area contributed by atoms with Crippen molar-refractivity contribution in [1.82, 2.24) is 9.55 Å². The lowest BCUT2D eigenvalue weighted by Crippen LogP contribution is -2.12. The van der Waals surface area contributed by atoms with Crippen molar-refractivity contribution in [2.45, 2.75) is 13.0 Å². The molecule has 1 unspecified atom stereocenters. The normalized spacial score (nSPS) is 12.4. The highest BCUT2D eigenvalue weighted by Gasteiger charge is 2.11. The van der Waals surface area contributed by atoms with E-state index in [9.17, 15) is 0 Å². The van der Waals surface area contributed by atoms with E-state index in [1.165, 1.54) is 0 Å². The van der Waals surface area contributed by atoms with E-state index in [2.05, 4.69) is 53.7 Å². The van der Waals surface area contributed by atoms with Crippen molar-refractivity contribution in [3.8, 4) is 0 Å². The fourth-order valence-electron chi connectivity index (χ4n) is 1.80. The number of imidazole rings is 1. The van der Waals surface area contributed by atoms with Crippen LogP contribution < -0.4 is 5.32 Å². The summed E-state index contributed by atoms with van der Waals surface area (Å²) in [6, 6.07) is 6.20. The number of hydrogen-bond acceptors (Lipinski definition) is 3. The van der Waals surface area contributed by atoms with Crippen LogP contribution in [0, 0.1) is 0 Å². The molecule has 102 valence electrons. The molecule has 6 heteroatoms. The zero-order valence-corrected chi connectivity index (χ0v) is 13.9. The fraction of sp³-hybridized carbons (Fsp3) is 0.308. The third-order valence-electron chi connectivity index (χ3n) is 2.73. The van der Waals surface area contributed by atoms with Gasteiger partial charge in [-0.1, -0.05) is 15.9 Å². The maximum absolute atomic E-state index is 5.18. The number of nitrogens with zero attached hydrogens (tertiary/aromatic N) is 2. The summed E-state index contributed by atoms with van der Waals surface area (Å²) in [5, 5.41) is 3.32. The molecule has 0 aliphatic heterocycles. The number of methoxy groups -OCH3 is 1. The molecule has 1 aromatic carbocycles. The quantitative estimate of drug-likeness (QED) is 0.826. The molecule has 0 amide bonds. The van der Waals surface area contributed by atoms with Crippen LogP contribution >= 0.6 is 31.9 Å². The Morgan fingerprint density at radius 1 is 1.42 bits per heavy atom. The summed E-state index contributed by atoms with van der Waals surface area (Å²) in [6.45, 7) is 2.74. The Kier molecular flexibility index (Phi) is 5.01. The van der Waals surface area contributed by atoms with Crippen molar-refractivity contribution in [2.24, 2.45) is 0 Å². The van der Waals surface area contributed by atoms with E-state index in [0.717, 1.165) is 20.6 Å². The number of benzene rings is 1. The first kappa shape index (κ1) is 14.6. The van der Waals surface area contributed by atoms with Gasteiger partial charge in [0, 0.05) is 28.4 Å². The second-order valence-corrected chi connectivity index (χ2v) is 5.98. The van der Waals surface area contributed by atoms with Crippen molar-refractivity contribution in [1.29, 1.82) is 0 Å². The highest BCUT2D eigenvalue weighted by atomic mass is 79.9. The maximum Gasteiger partial charge on any atom is 0.207 e. The smallest absolute Gasteiger partial charge is 0.207 e. The molecular formula is C13H15Br2N3O. The first-order valence-corrected chi connectivity index (χ1v) is 7.44. The summed E-state index contributed by atoms with van der Waals surface area (Å²) >= 11 is 6.97. The second kappa shape index (κ2) is 6.54. The number of anilines is 2. The number of nitrogens with one attached hydrogen (secondary N) is 1. The third-order valence-corrected chi connectivity index (χ3v) is 3.88. The monoisotopic (exact) mass is 387 g/mol. The van der Waals surface area contributed by atoms with Crippen LogP contribution in [0.15, 0.2) is 39.5 Å². The molecule has 2 rings (SSSR count). The highest BCUT2D eigenvalue weighted by molar-refractivity contribution is 9.11. The fourth-order valence-corrected chi connectivity index (χ4v) is 2.94. The van der Waals surface area contributed by atoms with Gasteiger partial charge in [0.15, 0.2) is 0 Å². The Hall–Kier alpha value is -0.850. The van der Waals surface area contributed by atoms with Gasteiger partial charge in [0.1, 0.15) is 0 Å². The minimum absolute atomic E-state index is 0.226. The maximum atomic E-state index is 5.18. The Labute approximate surface area is 129 Å². The van der Waals surface area contributed by atoms with Crippen molar-refractivity contribution in [2.75, 3.05) is 19.0 Å². The Morgan fingerprint density at radius 2 is 2.21 bits per heavy atom. The molecule has 4 nitrogen and oxygen atoms in total. The molecule has 0 saturated carbocycles. The zero-order valence-electron chi connectivity index (χ0n) is 10.7. The summed E-state index contributed by atoms with van der Waals surface area (Å²) in [4.78, 5) is 4.34. The molecule has 2 aromatic rings. The van der Waals surface area contributed by atoms with Gasteiger partial charge in [0.2, 0.25) is 5.95 Å². The van der Waals surface area contributed by atoms with E-state index in [4.69, 9.17) is 4.74 Å². The molecular weight excluding hydrogens is 374 g/mol. The van der Waals surface area contributed by atoms with Crippen molar-refractivity contribution >= 4 is 43.5 Å². The van der Waals surface area contributed by atoms with Crippen molar-refractivity contribution in [3.63, 3.8) is 0 Å². The number of ether oxygens (including phenoxy) is 1. The predicted octanol–water partition coefficient (Wildman–Crippen LogP) is 4.36. The largest absolute Gasteiger partial charge is 0.383 e. The summed E-state index contributed by atoms with van der Waals surface area (Å²) in [5.41, 5.74) is 0.972. The zero-order chi connectivity index (χ0) is 13.8. The Morgan fingerprint density at radius 3 is 2.89 bits per heavy atom. The van der Waals surface area contributed by atoms with Crippen LogP contribution in [-0.4, -0.2) is 23.3 Å². The first-order chi connectivity index (χ1) is 9.11. The lowest BCUT2D eigenvalue weighted by molar-refractivity contribution is 0.163. The number of hydrogen-bond donors (Lipinski definition) is 1. The van der Waals surface area contributed by atoms with Crippen molar-refractivity contribution < 1.29 is 4.74 Å². The van der Waals surface area contributed by atoms with Crippen LogP contribution in [0.3, 0.4) is 0 Å². The standard InChI is InChI=1S/C13H15Br2N3O/c1-9(8-19-2)18-6-5-16-13(18)17-12-4-3-10(14)7-11(12)15/h3-7,9H,8H2,1-2H3,(H,16,17). The van der Waals surface area contributed by atoms with Crippen LogP contribution in [0.4, 0.5) is 11.6 Å². The molecule has 1 heterocycles. The third kappa shape index (κ3) is 3.58. The molecule has 0 bridgehead atoms. The molecule has 0 aliphatic rings. The van der Waals surface area contributed by atoms with Crippen molar-refractivity contribution in [3.05, 3.63) is 39.5 Å². The minimum Gasteiger partial charge on any atom is -0.383 e. The molecule has 0 fully saturated rings. The van der Waals surface area contributed by atoms with Gasteiger partial charge in [-0.3, -0.25) is 0 Å². The van der Waals surface area contributed by atoms with Gasteiger partial charge >= 0.3 is 0 Å².